The van der Waals surface area contributed by atoms with E-state index in [9.17, 15) is 9.59 Å². The molecule has 1 aromatic carbocycles. The van der Waals surface area contributed by atoms with Gasteiger partial charge in [-0.3, -0.25) is 14.3 Å². The molecular formula is C24H31ClN4O4. The van der Waals surface area contributed by atoms with Gasteiger partial charge in [0.1, 0.15) is 11.9 Å². The highest BCUT2D eigenvalue weighted by Crippen LogP contribution is 2.28. The molecule has 9 heteroatoms. The Morgan fingerprint density at radius 1 is 1.15 bits per heavy atom. The SMILES string of the molecule is CCn1nc(C(=O)N2CC[C@H](Oc3ccc(Cl)cc3)[C@@H](CC(=O)N3CCOCC3)C2)cc1C. The minimum atomic E-state index is -0.171. The predicted octanol–water partition coefficient (Wildman–Crippen LogP) is 3.02. The molecule has 1 aromatic heterocycles. The van der Waals surface area contributed by atoms with Crippen molar-refractivity contribution in [1.82, 2.24) is 19.6 Å². The molecule has 2 atom stereocenters. The number of amides is 2. The number of hydrogen-bond acceptors (Lipinski definition) is 5. The molecule has 0 bridgehead atoms. The molecule has 2 aliphatic heterocycles. The number of ether oxygens (including phenoxy) is 2. The molecule has 2 aliphatic rings. The van der Waals surface area contributed by atoms with Crippen molar-refractivity contribution in [1.29, 1.82) is 0 Å². The summed E-state index contributed by atoms with van der Waals surface area (Å²) in [5.41, 5.74) is 1.41. The van der Waals surface area contributed by atoms with Crippen LogP contribution >= 0.6 is 11.6 Å². The number of nitrogens with zero attached hydrogens (tertiary/aromatic N) is 4. The first-order chi connectivity index (χ1) is 15.9. The molecule has 0 saturated carbocycles. The molecule has 8 nitrogen and oxygen atoms in total. The monoisotopic (exact) mass is 474 g/mol. The number of benzene rings is 1. The van der Waals surface area contributed by atoms with E-state index in [2.05, 4.69) is 5.10 Å². The van der Waals surface area contributed by atoms with Crippen molar-refractivity contribution in [3.05, 3.63) is 46.7 Å². The molecule has 2 fully saturated rings. The van der Waals surface area contributed by atoms with Crippen molar-refractivity contribution in [2.45, 2.75) is 39.3 Å². The van der Waals surface area contributed by atoms with Gasteiger partial charge in [-0.15, -0.1) is 0 Å². The van der Waals surface area contributed by atoms with Crippen LogP contribution in [0.1, 0.15) is 35.9 Å². The first-order valence-electron chi connectivity index (χ1n) is 11.6. The lowest BCUT2D eigenvalue weighted by Gasteiger charge is -2.39. The van der Waals surface area contributed by atoms with Gasteiger partial charge < -0.3 is 19.3 Å². The summed E-state index contributed by atoms with van der Waals surface area (Å²) in [5, 5.41) is 5.09. The molecule has 4 rings (SSSR count). The second-order valence-corrected chi connectivity index (χ2v) is 9.03. The van der Waals surface area contributed by atoms with E-state index in [1.54, 1.807) is 17.0 Å². The fourth-order valence-electron chi connectivity index (χ4n) is 4.50. The van der Waals surface area contributed by atoms with Crippen molar-refractivity contribution in [2.75, 3.05) is 39.4 Å². The van der Waals surface area contributed by atoms with Crippen LogP contribution in [0.25, 0.3) is 0 Å². The fourth-order valence-corrected chi connectivity index (χ4v) is 4.62. The van der Waals surface area contributed by atoms with E-state index in [-0.39, 0.29) is 23.8 Å². The lowest BCUT2D eigenvalue weighted by Crippen LogP contribution is -2.50. The number of halogens is 1. The van der Waals surface area contributed by atoms with Crippen LogP contribution in [0, 0.1) is 12.8 Å². The number of carbonyl (C=O) groups is 2. The summed E-state index contributed by atoms with van der Waals surface area (Å²) in [7, 11) is 0. The Hall–Kier alpha value is -2.58. The highest BCUT2D eigenvalue weighted by molar-refractivity contribution is 6.30. The topological polar surface area (TPSA) is 76.9 Å². The zero-order chi connectivity index (χ0) is 23.4. The Balaban J connectivity index is 1.49. The van der Waals surface area contributed by atoms with Crippen LogP contribution in [0.15, 0.2) is 30.3 Å². The van der Waals surface area contributed by atoms with Crippen LogP contribution in [0.4, 0.5) is 0 Å². The molecule has 0 aliphatic carbocycles. The van der Waals surface area contributed by atoms with Gasteiger partial charge in [0.2, 0.25) is 5.91 Å². The van der Waals surface area contributed by atoms with Gasteiger partial charge in [0.25, 0.3) is 5.91 Å². The van der Waals surface area contributed by atoms with E-state index in [4.69, 9.17) is 21.1 Å². The smallest absolute Gasteiger partial charge is 0.274 e. The van der Waals surface area contributed by atoms with E-state index in [0.29, 0.717) is 75.2 Å². The Morgan fingerprint density at radius 2 is 1.88 bits per heavy atom. The Labute approximate surface area is 199 Å². The molecule has 0 radical (unpaired) electrons. The molecule has 178 valence electrons. The van der Waals surface area contributed by atoms with Crippen molar-refractivity contribution in [3.63, 3.8) is 0 Å². The van der Waals surface area contributed by atoms with E-state index in [0.717, 1.165) is 5.69 Å². The van der Waals surface area contributed by atoms with Crippen LogP contribution in [-0.4, -0.2) is 76.9 Å². The summed E-state index contributed by atoms with van der Waals surface area (Å²) in [6.07, 6.45) is 0.794. The zero-order valence-corrected chi connectivity index (χ0v) is 20.0. The highest BCUT2D eigenvalue weighted by Gasteiger charge is 2.36. The number of piperidine rings is 1. The minimum Gasteiger partial charge on any atom is -0.490 e. The minimum absolute atomic E-state index is 0.0772. The summed E-state index contributed by atoms with van der Waals surface area (Å²) in [5.74, 6) is 0.570. The Bertz CT molecular complexity index is 971. The first-order valence-corrected chi connectivity index (χ1v) is 11.9. The quantitative estimate of drug-likeness (QED) is 0.643. The van der Waals surface area contributed by atoms with Gasteiger partial charge in [-0.25, -0.2) is 0 Å². The molecule has 2 aromatic rings. The van der Waals surface area contributed by atoms with Gasteiger partial charge in [-0.1, -0.05) is 11.6 Å². The molecule has 3 heterocycles. The lowest BCUT2D eigenvalue weighted by atomic mass is 9.90. The maximum absolute atomic E-state index is 13.2. The van der Waals surface area contributed by atoms with Gasteiger partial charge in [0.05, 0.1) is 13.2 Å². The van der Waals surface area contributed by atoms with Gasteiger partial charge >= 0.3 is 0 Å². The Kier molecular flexibility index (Phi) is 7.55. The molecular weight excluding hydrogens is 444 g/mol. The average molecular weight is 475 g/mol. The third-order valence-electron chi connectivity index (χ3n) is 6.35. The molecule has 0 unspecified atom stereocenters. The highest BCUT2D eigenvalue weighted by atomic mass is 35.5. The second-order valence-electron chi connectivity index (χ2n) is 8.59. The van der Waals surface area contributed by atoms with Gasteiger partial charge in [-0.05, 0) is 44.2 Å². The summed E-state index contributed by atoms with van der Waals surface area (Å²) in [6.45, 7) is 7.99. The molecule has 2 saturated heterocycles. The maximum Gasteiger partial charge on any atom is 0.274 e. The Morgan fingerprint density at radius 3 is 2.55 bits per heavy atom. The zero-order valence-electron chi connectivity index (χ0n) is 19.2. The third-order valence-corrected chi connectivity index (χ3v) is 6.60. The standard InChI is InChI=1S/C24H31ClN4O4/c1-3-29-17(2)14-21(26-29)24(31)28-9-8-22(33-20-6-4-19(25)5-7-20)18(16-28)15-23(30)27-10-12-32-13-11-27/h4-7,14,18,22H,3,8-13,15-16H2,1-2H3/t18-,22-/m0/s1. The van der Waals surface area contributed by atoms with Crippen molar-refractivity contribution < 1.29 is 19.1 Å². The van der Waals surface area contributed by atoms with E-state index < -0.39 is 0 Å². The number of likely N-dealkylation sites (tertiary alicyclic amines) is 1. The normalized spacial score (nSPS) is 21.2. The van der Waals surface area contributed by atoms with E-state index in [1.165, 1.54) is 0 Å². The molecule has 2 amide bonds. The van der Waals surface area contributed by atoms with E-state index >= 15 is 0 Å². The van der Waals surface area contributed by atoms with E-state index in [1.807, 2.05) is 41.6 Å². The van der Waals surface area contributed by atoms with Crippen LogP contribution in [0.3, 0.4) is 0 Å². The first kappa shape index (κ1) is 23.6. The van der Waals surface area contributed by atoms with Crippen molar-refractivity contribution in [2.24, 2.45) is 5.92 Å². The molecule has 0 spiro atoms. The number of carbonyl (C=O) groups excluding carboxylic acids is 2. The maximum atomic E-state index is 13.2. The largest absolute Gasteiger partial charge is 0.490 e. The van der Waals surface area contributed by atoms with Crippen LogP contribution in [0.5, 0.6) is 5.75 Å². The number of aryl methyl sites for hydroxylation is 2. The van der Waals surface area contributed by atoms with Crippen LogP contribution in [-0.2, 0) is 16.1 Å². The number of aromatic nitrogens is 2. The van der Waals surface area contributed by atoms with Crippen LogP contribution < -0.4 is 4.74 Å². The molecule has 0 N–H and O–H groups in total. The number of rotatable bonds is 6. The summed E-state index contributed by atoms with van der Waals surface area (Å²) < 4.78 is 13.5. The van der Waals surface area contributed by atoms with Crippen molar-refractivity contribution >= 4 is 23.4 Å². The predicted molar refractivity (Wildman–Crippen MR) is 125 cm³/mol. The van der Waals surface area contributed by atoms with Gasteiger partial charge in [0.15, 0.2) is 5.69 Å². The summed E-state index contributed by atoms with van der Waals surface area (Å²) in [6, 6.07) is 9.07. The number of morpholine rings is 1. The summed E-state index contributed by atoms with van der Waals surface area (Å²) in [4.78, 5) is 29.9. The second kappa shape index (κ2) is 10.6. The third kappa shape index (κ3) is 5.68. The average Bonchev–Trinajstić information content (AvgIpc) is 3.22. The van der Waals surface area contributed by atoms with Gasteiger partial charge in [0, 0.05) is 62.2 Å². The van der Waals surface area contributed by atoms with Gasteiger partial charge in [-0.2, -0.15) is 5.10 Å². The fraction of sp³-hybridized carbons (Fsp3) is 0.542. The molecule has 33 heavy (non-hydrogen) atoms. The summed E-state index contributed by atoms with van der Waals surface area (Å²) >= 11 is 6.01. The lowest BCUT2D eigenvalue weighted by molar-refractivity contribution is -0.137. The number of hydrogen-bond donors (Lipinski definition) is 0. The van der Waals surface area contributed by atoms with Crippen molar-refractivity contribution in [3.8, 4) is 5.75 Å². The van der Waals surface area contributed by atoms with Crippen LogP contribution in [0.2, 0.25) is 5.02 Å².